The van der Waals surface area contributed by atoms with E-state index < -0.39 is 18.0 Å². The Labute approximate surface area is 145 Å². The Hall–Kier alpha value is -3.28. The molecule has 128 valence electrons. The van der Waals surface area contributed by atoms with Gasteiger partial charge in [0.15, 0.2) is 6.10 Å². The Morgan fingerprint density at radius 1 is 1.04 bits per heavy atom. The van der Waals surface area contributed by atoms with E-state index in [1.165, 1.54) is 7.11 Å². The Bertz CT molecular complexity index is 811. The summed E-state index contributed by atoms with van der Waals surface area (Å²) in [5.41, 5.74) is 1.55. The van der Waals surface area contributed by atoms with Crippen molar-refractivity contribution in [2.45, 2.75) is 6.10 Å². The lowest BCUT2D eigenvalue weighted by atomic mass is 10.0. The summed E-state index contributed by atoms with van der Waals surface area (Å²) in [6.45, 7) is 0. The van der Waals surface area contributed by atoms with E-state index in [0.29, 0.717) is 17.0 Å². The zero-order chi connectivity index (χ0) is 17.8. The molecule has 0 saturated carbocycles. The molecule has 0 saturated heterocycles. The highest BCUT2D eigenvalue weighted by Gasteiger charge is 2.40. The molecule has 3 rings (SSSR count). The normalized spacial score (nSPS) is 16.4. The molecular formula is C19H17NO5. The van der Waals surface area contributed by atoms with E-state index in [2.05, 4.69) is 5.32 Å². The fourth-order valence-electron chi connectivity index (χ4n) is 2.58. The van der Waals surface area contributed by atoms with Crippen molar-refractivity contribution in [1.82, 2.24) is 0 Å². The van der Waals surface area contributed by atoms with Crippen LogP contribution in [0.5, 0.6) is 5.75 Å². The van der Waals surface area contributed by atoms with Crippen LogP contribution >= 0.6 is 0 Å². The summed E-state index contributed by atoms with van der Waals surface area (Å²) < 4.78 is 15.4. The number of para-hydroxylation sites is 1. The largest absolute Gasteiger partial charge is 0.497 e. The summed E-state index contributed by atoms with van der Waals surface area (Å²) in [6.07, 6.45) is -0.836. The molecular weight excluding hydrogens is 322 g/mol. The Kier molecular flexibility index (Phi) is 4.70. The van der Waals surface area contributed by atoms with E-state index in [9.17, 15) is 9.59 Å². The highest BCUT2D eigenvalue weighted by Crippen LogP contribution is 2.36. The van der Waals surface area contributed by atoms with Gasteiger partial charge >= 0.3 is 11.9 Å². The molecule has 25 heavy (non-hydrogen) atoms. The van der Waals surface area contributed by atoms with Gasteiger partial charge < -0.3 is 19.5 Å². The first-order chi connectivity index (χ1) is 12.1. The molecule has 1 heterocycles. The zero-order valence-corrected chi connectivity index (χ0v) is 13.8. The SMILES string of the molecule is COC(=O)C1=C(Nc2ccccc2)C(=O)OC1c1ccc(OC)cc1. The van der Waals surface area contributed by atoms with Crippen molar-refractivity contribution in [2.24, 2.45) is 0 Å². The van der Waals surface area contributed by atoms with Crippen LogP contribution in [0.4, 0.5) is 5.69 Å². The number of carbonyl (C=O) groups excluding carboxylic acids is 2. The maximum atomic E-state index is 12.3. The van der Waals surface area contributed by atoms with Crippen molar-refractivity contribution in [1.29, 1.82) is 0 Å². The minimum absolute atomic E-state index is 0.0823. The number of hydrogen-bond acceptors (Lipinski definition) is 6. The molecule has 0 fully saturated rings. The van der Waals surface area contributed by atoms with E-state index >= 15 is 0 Å². The van der Waals surface area contributed by atoms with Gasteiger partial charge in [-0.3, -0.25) is 0 Å². The van der Waals surface area contributed by atoms with E-state index in [4.69, 9.17) is 14.2 Å². The molecule has 6 heteroatoms. The van der Waals surface area contributed by atoms with E-state index in [1.54, 1.807) is 43.5 Å². The van der Waals surface area contributed by atoms with E-state index in [1.807, 2.05) is 18.2 Å². The van der Waals surface area contributed by atoms with Gasteiger partial charge in [0.25, 0.3) is 0 Å². The second-order valence-electron chi connectivity index (χ2n) is 5.33. The summed E-state index contributed by atoms with van der Waals surface area (Å²) in [5, 5.41) is 2.96. The summed E-state index contributed by atoms with van der Waals surface area (Å²) in [4.78, 5) is 24.6. The number of rotatable bonds is 5. The Morgan fingerprint density at radius 2 is 1.72 bits per heavy atom. The predicted octanol–water partition coefficient (Wildman–Crippen LogP) is 2.83. The average Bonchev–Trinajstić information content (AvgIpc) is 2.98. The first-order valence-electron chi connectivity index (χ1n) is 7.63. The number of benzene rings is 2. The first-order valence-corrected chi connectivity index (χ1v) is 7.63. The monoisotopic (exact) mass is 339 g/mol. The minimum atomic E-state index is -0.836. The van der Waals surface area contributed by atoms with Crippen molar-refractivity contribution in [3.05, 3.63) is 71.4 Å². The summed E-state index contributed by atoms with van der Waals surface area (Å²) in [7, 11) is 2.83. The number of nitrogens with one attached hydrogen (secondary N) is 1. The molecule has 1 N–H and O–H groups in total. The van der Waals surface area contributed by atoms with E-state index in [-0.39, 0.29) is 11.3 Å². The molecule has 1 aliphatic rings. The third-order valence-corrected chi connectivity index (χ3v) is 3.83. The molecule has 0 spiro atoms. The number of hydrogen-bond donors (Lipinski definition) is 1. The molecule has 0 aliphatic carbocycles. The quantitative estimate of drug-likeness (QED) is 0.845. The molecule has 0 bridgehead atoms. The lowest BCUT2D eigenvalue weighted by Gasteiger charge is -2.13. The van der Waals surface area contributed by atoms with Gasteiger partial charge in [-0.15, -0.1) is 0 Å². The molecule has 1 unspecified atom stereocenters. The summed E-state index contributed by atoms with van der Waals surface area (Å²) >= 11 is 0. The van der Waals surface area contributed by atoms with Gasteiger partial charge in [-0.25, -0.2) is 9.59 Å². The van der Waals surface area contributed by atoms with Gasteiger partial charge in [-0.1, -0.05) is 30.3 Å². The lowest BCUT2D eigenvalue weighted by Crippen LogP contribution is -2.14. The third-order valence-electron chi connectivity index (χ3n) is 3.83. The van der Waals surface area contributed by atoms with Crippen molar-refractivity contribution in [3.63, 3.8) is 0 Å². The average molecular weight is 339 g/mol. The van der Waals surface area contributed by atoms with Crippen LogP contribution in [0.1, 0.15) is 11.7 Å². The predicted molar refractivity (Wildman–Crippen MR) is 90.9 cm³/mol. The van der Waals surface area contributed by atoms with Crippen LogP contribution in [0.3, 0.4) is 0 Å². The summed E-state index contributed by atoms with van der Waals surface area (Å²) in [5.74, 6) is -0.561. The van der Waals surface area contributed by atoms with Crippen LogP contribution in [-0.2, 0) is 19.1 Å². The maximum absolute atomic E-state index is 12.3. The van der Waals surface area contributed by atoms with E-state index in [0.717, 1.165) is 0 Å². The molecule has 2 aromatic rings. The topological polar surface area (TPSA) is 73.9 Å². The van der Waals surface area contributed by atoms with Gasteiger partial charge in [-0.05, 0) is 29.8 Å². The van der Waals surface area contributed by atoms with Crippen LogP contribution in [0.2, 0.25) is 0 Å². The second kappa shape index (κ2) is 7.09. The van der Waals surface area contributed by atoms with Crippen LogP contribution in [0.15, 0.2) is 65.9 Å². The van der Waals surface area contributed by atoms with Crippen LogP contribution in [0, 0.1) is 0 Å². The smallest absolute Gasteiger partial charge is 0.356 e. The Morgan fingerprint density at radius 3 is 2.32 bits per heavy atom. The van der Waals surface area contributed by atoms with Gasteiger partial charge in [0, 0.05) is 5.69 Å². The standard InChI is InChI=1S/C19H17NO5/c1-23-14-10-8-12(9-11-14)17-15(18(21)24-2)16(19(22)25-17)20-13-6-4-3-5-7-13/h3-11,17,20H,1-2H3. The molecule has 0 aromatic heterocycles. The molecule has 1 atom stereocenters. The van der Waals surface area contributed by atoms with Crippen LogP contribution in [-0.4, -0.2) is 26.2 Å². The second-order valence-corrected chi connectivity index (χ2v) is 5.33. The van der Waals surface area contributed by atoms with Gasteiger partial charge in [0.05, 0.1) is 14.2 Å². The zero-order valence-electron chi connectivity index (χ0n) is 13.8. The van der Waals surface area contributed by atoms with Crippen molar-refractivity contribution in [2.75, 3.05) is 19.5 Å². The van der Waals surface area contributed by atoms with Crippen LogP contribution in [0.25, 0.3) is 0 Å². The molecule has 6 nitrogen and oxygen atoms in total. The number of anilines is 1. The number of cyclic esters (lactones) is 1. The van der Waals surface area contributed by atoms with Crippen molar-refractivity contribution in [3.8, 4) is 5.75 Å². The number of ether oxygens (including phenoxy) is 3. The fourth-order valence-corrected chi connectivity index (χ4v) is 2.58. The van der Waals surface area contributed by atoms with Crippen LogP contribution < -0.4 is 10.1 Å². The Balaban J connectivity index is 2.00. The lowest BCUT2D eigenvalue weighted by molar-refractivity contribution is -0.141. The molecule has 2 aromatic carbocycles. The van der Waals surface area contributed by atoms with Crippen molar-refractivity contribution < 1.29 is 23.8 Å². The maximum Gasteiger partial charge on any atom is 0.356 e. The van der Waals surface area contributed by atoms with Gasteiger partial charge in [0.1, 0.15) is 17.0 Å². The number of methoxy groups -OCH3 is 2. The fraction of sp³-hybridized carbons (Fsp3) is 0.158. The number of esters is 2. The minimum Gasteiger partial charge on any atom is -0.497 e. The first kappa shape index (κ1) is 16.6. The highest BCUT2D eigenvalue weighted by molar-refractivity contribution is 6.06. The van der Waals surface area contributed by atoms with Gasteiger partial charge in [0.2, 0.25) is 0 Å². The third kappa shape index (κ3) is 3.33. The summed E-state index contributed by atoms with van der Waals surface area (Å²) in [6, 6.07) is 16.0. The molecule has 1 aliphatic heterocycles. The molecule has 0 amide bonds. The van der Waals surface area contributed by atoms with Crippen molar-refractivity contribution >= 4 is 17.6 Å². The molecule has 0 radical (unpaired) electrons. The van der Waals surface area contributed by atoms with Gasteiger partial charge in [-0.2, -0.15) is 0 Å². The number of carbonyl (C=O) groups is 2. The highest BCUT2D eigenvalue weighted by atomic mass is 16.6.